The Morgan fingerprint density at radius 3 is 2.67 bits per heavy atom. The van der Waals surface area contributed by atoms with Gasteiger partial charge in [-0.2, -0.15) is 4.98 Å². The fourth-order valence-corrected chi connectivity index (χ4v) is 2.59. The van der Waals surface area contributed by atoms with Gasteiger partial charge in [0, 0.05) is 38.9 Å². The number of ether oxygens (including phenoxy) is 1. The van der Waals surface area contributed by atoms with Gasteiger partial charge in [0.05, 0.1) is 13.2 Å². The van der Waals surface area contributed by atoms with Gasteiger partial charge in [0.25, 0.3) is 0 Å². The van der Waals surface area contributed by atoms with Gasteiger partial charge in [0.15, 0.2) is 0 Å². The fraction of sp³-hybridized carbons (Fsp3) is 0.444. The van der Waals surface area contributed by atoms with E-state index in [2.05, 4.69) is 56.7 Å². The summed E-state index contributed by atoms with van der Waals surface area (Å²) < 4.78 is 5.35. The third kappa shape index (κ3) is 5.18. The third-order valence-corrected chi connectivity index (χ3v) is 4.06. The summed E-state index contributed by atoms with van der Waals surface area (Å²) in [6, 6.07) is 10.4. The summed E-state index contributed by atoms with van der Waals surface area (Å²) >= 11 is 0. The van der Waals surface area contributed by atoms with Crippen LogP contribution in [0.2, 0.25) is 0 Å². The van der Waals surface area contributed by atoms with Crippen molar-refractivity contribution in [3.05, 3.63) is 47.7 Å². The van der Waals surface area contributed by atoms with E-state index in [4.69, 9.17) is 4.74 Å². The van der Waals surface area contributed by atoms with E-state index in [1.165, 1.54) is 11.1 Å². The van der Waals surface area contributed by atoms with Gasteiger partial charge in [-0.3, -0.25) is 4.90 Å². The van der Waals surface area contributed by atoms with Crippen molar-refractivity contribution in [1.29, 1.82) is 0 Å². The van der Waals surface area contributed by atoms with Crippen molar-refractivity contribution in [2.75, 3.05) is 50.0 Å². The number of morpholine rings is 1. The van der Waals surface area contributed by atoms with Gasteiger partial charge >= 0.3 is 0 Å². The van der Waals surface area contributed by atoms with Crippen LogP contribution in [0.4, 0.5) is 11.8 Å². The Labute approximate surface area is 143 Å². The zero-order valence-electron chi connectivity index (χ0n) is 14.2. The molecule has 1 aliphatic heterocycles. The molecular weight excluding hydrogens is 302 g/mol. The topological polar surface area (TPSA) is 62.3 Å². The van der Waals surface area contributed by atoms with Gasteiger partial charge in [-0.05, 0) is 18.6 Å². The SMILES string of the molecule is Cc1ccc(CNc2ccnc(NCCN3CCOCC3)n2)cc1. The highest BCUT2D eigenvalue weighted by molar-refractivity contribution is 5.40. The van der Waals surface area contributed by atoms with E-state index in [0.717, 1.165) is 51.8 Å². The predicted octanol–water partition coefficient (Wildman–Crippen LogP) is 2.14. The number of nitrogens with zero attached hydrogens (tertiary/aromatic N) is 3. The number of rotatable bonds is 7. The van der Waals surface area contributed by atoms with E-state index < -0.39 is 0 Å². The quantitative estimate of drug-likeness (QED) is 0.812. The molecule has 128 valence electrons. The van der Waals surface area contributed by atoms with E-state index >= 15 is 0 Å². The lowest BCUT2D eigenvalue weighted by Gasteiger charge is -2.26. The lowest BCUT2D eigenvalue weighted by molar-refractivity contribution is 0.0398. The number of hydrogen-bond acceptors (Lipinski definition) is 6. The molecular formula is C18H25N5O. The van der Waals surface area contributed by atoms with Crippen LogP contribution in [0.5, 0.6) is 0 Å². The molecule has 2 heterocycles. The molecule has 1 aromatic carbocycles. The molecule has 0 saturated carbocycles. The van der Waals surface area contributed by atoms with Crippen LogP contribution in [0.1, 0.15) is 11.1 Å². The minimum absolute atomic E-state index is 0.664. The van der Waals surface area contributed by atoms with Gasteiger partial charge in [0.1, 0.15) is 5.82 Å². The minimum atomic E-state index is 0.664. The second-order valence-corrected chi connectivity index (χ2v) is 5.99. The Morgan fingerprint density at radius 2 is 1.88 bits per heavy atom. The molecule has 0 atom stereocenters. The average Bonchev–Trinajstić information content (AvgIpc) is 2.63. The Balaban J connectivity index is 1.45. The lowest BCUT2D eigenvalue weighted by atomic mass is 10.1. The number of benzene rings is 1. The van der Waals surface area contributed by atoms with Gasteiger partial charge < -0.3 is 15.4 Å². The summed E-state index contributed by atoms with van der Waals surface area (Å²) in [4.78, 5) is 11.2. The highest BCUT2D eigenvalue weighted by Crippen LogP contribution is 2.09. The molecule has 0 radical (unpaired) electrons. The Hall–Kier alpha value is -2.18. The highest BCUT2D eigenvalue weighted by Gasteiger charge is 2.09. The van der Waals surface area contributed by atoms with Crippen LogP contribution >= 0.6 is 0 Å². The zero-order valence-corrected chi connectivity index (χ0v) is 14.2. The van der Waals surface area contributed by atoms with Crippen LogP contribution < -0.4 is 10.6 Å². The number of nitrogens with one attached hydrogen (secondary N) is 2. The minimum Gasteiger partial charge on any atom is -0.379 e. The van der Waals surface area contributed by atoms with E-state index in [9.17, 15) is 0 Å². The Morgan fingerprint density at radius 1 is 1.08 bits per heavy atom. The largest absolute Gasteiger partial charge is 0.379 e. The van der Waals surface area contributed by atoms with Crippen LogP contribution in [0.25, 0.3) is 0 Å². The van der Waals surface area contributed by atoms with Crippen molar-refractivity contribution < 1.29 is 4.74 Å². The van der Waals surface area contributed by atoms with Crippen LogP contribution in [0, 0.1) is 6.92 Å². The summed E-state index contributed by atoms with van der Waals surface area (Å²) in [5, 5.41) is 6.64. The van der Waals surface area contributed by atoms with Gasteiger partial charge in [-0.25, -0.2) is 4.98 Å². The summed E-state index contributed by atoms with van der Waals surface area (Å²) in [5.41, 5.74) is 2.51. The van der Waals surface area contributed by atoms with Crippen LogP contribution in [0.15, 0.2) is 36.5 Å². The average molecular weight is 327 g/mol. The number of aromatic nitrogens is 2. The van der Waals surface area contributed by atoms with Crippen molar-refractivity contribution in [3.8, 4) is 0 Å². The molecule has 0 unspecified atom stereocenters. The van der Waals surface area contributed by atoms with Crippen LogP contribution in [-0.2, 0) is 11.3 Å². The normalized spacial score (nSPS) is 15.2. The first-order valence-corrected chi connectivity index (χ1v) is 8.46. The summed E-state index contributed by atoms with van der Waals surface area (Å²) in [5.74, 6) is 1.50. The molecule has 1 saturated heterocycles. The zero-order chi connectivity index (χ0) is 16.6. The lowest BCUT2D eigenvalue weighted by Crippen LogP contribution is -2.39. The molecule has 6 nitrogen and oxygen atoms in total. The maximum atomic E-state index is 5.35. The van der Waals surface area contributed by atoms with Gasteiger partial charge in [-0.15, -0.1) is 0 Å². The maximum absolute atomic E-state index is 5.35. The van der Waals surface area contributed by atoms with E-state index in [1.807, 2.05) is 6.07 Å². The molecule has 1 fully saturated rings. The summed E-state index contributed by atoms with van der Waals surface area (Å²) in [6.45, 7) is 8.32. The maximum Gasteiger partial charge on any atom is 0.224 e. The van der Waals surface area contributed by atoms with Crippen LogP contribution in [-0.4, -0.2) is 54.3 Å². The molecule has 3 rings (SSSR count). The molecule has 2 aromatic rings. The monoisotopic (exact) mass is 327 g/mol. The molecule has 1 aromatic heterocycles. The van der Waals surface area contributed by atoms with Gasteiger partial charge in [-0.1, -0.05) is 29.8 Å². The van der Waals surface area contributed by atoms with Gasteiger partial charge in [0.2, 0.25) is 5.95 Å². The highest BCUT2D eigenvalue weighted by atomic mass is 16.5. The fourth-order valence-electron chi connectivity index (χ4n) is 2.59. The van der Waals surface area contributed by atoms with Crippen molar-refractivity contribution in [1.82, 2.24) is 14.9 Å². The first kappa shape index (κ1) is 16.7. The summed E-state index contributed by atoms with van der Waals surface area (Å²) in [6.07, 6.45) is 1.78. The standard InChI is InChI=1S/C18H25N5O/c1-15-2-4-16(5-3-15)14-21-17-6-7-19-18(22-17)20-8-9-23-10-12-24-13-11-23/h2-7H,8-14H2,1H3,(H2,19,20,21,22). The third-order valence-electron chi connectivity index (χ3n) is 4.06. The van der Waals surface area contributed by atoms with E-state index in [0.29, 0.717) is 5.95 Å². The second-order valence-electron chi connectivity index (χ2n) is 5.99. The first-order valence-electron chi connectivity index (χ1n) is 8.46. The molecule has 0 spiro atoms. The molecule has 24 heavy (non-hydrogen) atoms. The number of aryl methyl sites for hydroxylation is 1. The predicted molar refractivity (Wildman–Crippen MR) is 96.3 cm³/mol. The molecule has 0 amide bonds. The molecule has 0 bridgehead atoms. The second kappa shape index (κ2) is 8.61. The van der Waals surface area contributed by atoms with Crippen molar-refractivity contribution in [2.45, 2.75) is 13.5 Å². The molecule has 1 aliphatic rings. The molecule has 6 heteroatoms. The van der Waals surface area contributed by atoms with Crippen molar-refractivity contribution >= 4 is 11.8 Å². The van der Waals surface area contributed by atoms with E-state index in [1.54, 1.807) is 6.20 Å². The Bertz CT molecular complexity index is 626. The number of anilines is 2. The van der Waals surface area contributed by atoms with Crippen LogP contribution in [0.3, 0.4) is 0 Å². The van der Waals surface area contributed by atoms with Crippen molar-refractivity contribution in [3.63, 3.8) is 0 Å². The first-order chi connectivity index (χ1) is 11.8. The van der Waals surface area contributed by atoms with E-state index in [-0.39, 0.29) is 0 Å². The summed E-state index contributed by atoms with van der Waals surface area (Å²) in [7, 11) is 0. The van der Waals surface area contributed by atoms with Crippen molar-refractivity contribution in [2.24, 2.45) is 0 Å². The smallest absolute Gasteiger partial charge is 0.224 e. The molecule has 0 aliphatic carbocycles. The Kier molecular flexibility index (Phi) is 5.98. The number of hydrogen-bond donors (Lipinski definition) is 2. The molecule has 2 N–H and O–H groups in total.